The van der Waals surface area contributed by atoms with Gasteiger partial charge in [0.05, 0.1) is 0 Å². The monoisotopic (exact) mass is 294 g/mol. The number of aldehydes is 1. The van der Waals surface area contributed by atoms with Crippen LogP contribution in [0.5, 0.6) is 0 Å². The molecule has 1 atom stereocenters. The molecule has 0 aromatic heterocycles. The Bertz CT molecular complexity index is 359. The minimum absolute atomic E-state index is 0.0211. The quantitative estimate of drug-likeness (QED) is 0.330. The molecule has 0 fully saturated rings. The van der Waals surface area contributed by atoms with Gasteiger partial charge in [-0.1, -0.05) is 0 Å². The molecule has 0 aliphatic heterocycles. The molecule has 0 aromatic carbocycles. The smallest absolute Gasteiger partial charge is 0.375 e. The van der Waals surface area contributed by atoms with Crippen molar-refractivity contribution in [2.45, 2.75) is 30.5 Å². The SMILES string of the molecule is CC(O)(C=O)CCC(F)(P(=O)(O)O)P(=O)(O)O. The van der Waals surface area contributed by atoms with Gasteiger partial charge in [0.25, 0.3) is 0 Å². The molecule has 0 rings (SSSR count). The summed E-state index contributed by atoms with van der Waals surface area (Å²) < 4.78 is 35.2. The maximum atomic E-state index is 13.7. The van der Waals surface area contributed by atoms with E-state index in [0.717, 1.165) is 6.92 Å². The van der Waals surface area contributed by atoms with Gasteiger partial charge in [-0.2, -0.15) is 0 Å². The molecule has 11 heteroatoms. The largest absolute Gasteiger partial charge is 0.383 e. The van der Waals surface area contributed by atoms with Gasteiger partial charge >= 0.3 is 20.3 Å². The summed E-state index contributed by atoms with van der Waals surface area (Å²) in [6.07, 6.45) is -2.22. The number of halogens is 1. The van der Waals surface area contributed by atoms with Gasteiger partial charge in [0.1, 0.15) is 5.60 Å². The molecular formula is C6H13FO8P2. The third kappa shape index (κ3) is 3.93. The molecule has 0 saturated heterocycles. The standard InChI is InChI=1S/C6H13FO8P2/c1-5(9,4-8)2-3-6(7,16(10,11)12)17(13,14)15/h4,9H,2-3H2,1H3,(H2,10,11,12)(H2,13,14,15). The van der Waals surface area contributed by atoms with E-state index in [1.54, 1.807) is 0 Å². The van der Waals surface area contributed by atoms with Crippen LogP contribution in [0.15, 0.2) is 0 Å². The summed E-state index contributed by atoms with van der Waals surface area (Å²) in [4.78, 5) is 44.7. The molecule has 0 heterocycles. The van der Waals surface area contributed by atoms with Crippen LogP contribution in [0.25, 0.3) is 0 Å². The first-order valence-electron chi connectivity index (χ1n) is 4.26. The van der Waals surface area contributed by atoms with E-state index in [2.05, 4.69) is 0 Å². The Labute approximate surface area is 95.8 Å². The summed E-state index contributed by atoms with van der Waals surface area (Å²) in [5.74, 6) is 0. The fourth-order valence-electron chi connectivity index (χ4n) is 0.932. The topological polar surface area (TPSA) is 152 Å². The molecule has 0 aliphatic rings. The number of hydrogen-bond donors (Lipinski definition) is 5. The van der Waals surface area contributed by atoms with E-state index in [1.165, 1.54) is 0 Å². The van der Waals surface area contributed by atoms with Crippen LogP contribution < -0.4 is 0 Å². The molecular weight excluding hydrogens is 281 g/mol. The minimum atomic E-state index is -5.76. The highest BCUT2D eigenvalue weighted by atomic mass is 31.2. The van der Waals surface area contributed by atoms with Gasteiger partial charge in [-0.15, -0.1) is 0 Å². The molecule has 5 N–H and O–H groups in total. The van der Waals surface area contributed by atoms with Gasteiger partial charge in [0.15, 0.2) is 6.29 Å². The molecule has 0 aromatic rings. The predicted octanol–water partition coefficient (Wildman–Crippen LogP) is -0.305. The van der Waals surface area contributed by atoms with Gasteiger partial charge < -0.3 is 29.5 Å². The highest BCUT2D eigenvalue weighted by Gasteiger charge is 2.61. The summed E-state index contributed by atoms with van der Waals surface area (Å²) in [6.45, 7) is 0.916. The number of rotatable bonds is 6. The minimum Gasteiger partial charge on any atom is -0.383 e. The maximum Gasteiger partial charge on any atom is 0.375 e. The van der Waals surface area contributed by atoms with Crippen LogP contribution in [0.1, 0.15) is 19.8 Å². The average molecular weight is 294 g/mol. The van der Waals surface area contributed by atoms with E-state index in [4.69, 9.17) is 19.6 Å². The van der Waals surface area contributed by atoms with Crippen molar-refractivity contribution in [2.75, 3.05) is 0 Å². The highest BCUT2D eigenvalue weighted by molar-refractivity contribution is 7.72. The molecule has 1 unspecified atom stereocenters. The molecule has 0 spiro atoms. The fourth-order valence-corrected chi connectivity index (χ4v) is 3.10. The van der Waals surface area contributed by atoms with Crippen LogP contribution in [0.4, 0.5) is 4.39 Å². The fraction of sp³-hybridized carbons (Fsp3) is 0.833. The molecule has 17 heavy (non-hydrogen) atoms. The van der Waals surface area contributed by atoms with E-state index in [1.807, 2.05) is 0 Å². The Morgan fingerprint density at radius 1 is 1.12 bits per heavy atom. The van der Waals surface area contributed by atoms with Crippen LogP contribution in [0.2, 0.25) is 0 Å². The van der Waals surface area contributed by atoms with Crippen molar-refractivity contribution in [2.24, 2.45) is 0 Å². The summed E-state index contributed by atoms with van der Waals surface area (Å²) in [5, 5.41) is 5.07. The van der Waals surface area contributed by atoms with Gasteiger partial charge in [-0.3, -0.25) is 9.13 Å². The van der Waals surface area contributed by atoms with E-state index in [9.17, 15) is 23.4 Å². The first-order chi connectivity index (χ1) is 7.27. The Morgan fingerprint density at radius 2 is 1.47 bits per heavy atom. The zero-order valence-electron chi connectivity index (χ0n) is 8.72. The van der Waals surface area contributed by atoms with E-state index in [0.29, 0.717) is 0 Å². The molecule has 0 bridgehead atoms. The zero-order chi connectivity index (χ0) is 14.1. The number of aliphatic hydroxyl groups is 1. The number of hydrogen-bond acceptors (Lipinski definition) is 4. The lowest BCUT2D eigenvalue weighted by molar-refractivity contribution is -0.123. The first kappa shape index (κ1) is 16.9. The lowest BCUT2D eigenvalue weighted by Gasteiger charge is -2.28. The van der Waals surface area contributed by atoms with Crippen molar-refractivity contribution >= 4 is 21.5 Å². The van der Waals surface area contributed by atoms with Crippen LogP contribution in [0.3, 0.4) is 0 Å². The lowest BCUT2D eigenvalue weighted by Crippen LogP contribution is -2.31. The Balaban J connectivity index is 5.22. The molecule has 0 radical (unpaired) electrons. The van der Waals surface area contributed by atoms with Gasteiger partial charge in [-0.05, 0) is 13.3 Å². The van der Waals surface area contributed by atoms with Crippen molar-refractivity contribution < 1.29 is 43.0 Å². The third-order valence-corrected chi connectivity index (χ3v) is 5.89. The second-order valence-electron chi connectivity index (χ2n) is 3.78. The van der Waals surface area contributed by atoms with Crippen molar-refractivity contribution in [1.82, 2.24) is 0 Å². The van der Waals surface area contributed by atoms with E-state index in [-0.39, 0.29) is 6.29 Å². The maximum absolute atomic E-state index is 13.7. The highest BCUT2D eigenvalue weighted by Crippen LogP contribution is 2.71. The van der Waals surface area contributed by atoms with Crippen molar-refractivity contribution in [3.05, 3.63) is 0 Å². The van der Waals surface area contributed by atoms with Gasteiger partial charge in [0.2, 0.25) is 0 Å². The van der Waals surface area contributed by atoms with Gasteiger partial charge in [0, 0.05) is 6.42 Å². The summed E-state index contributed by atoms with van der Waals surface area (Å²) >= 11 is 0. The van der Waals surface area contributed by atoms with Crippen molar-refractivity contribution in [3.8, 4) is 0 Å². The molecule has 0 saturated carbocycles. The summed E-state index contributed by atoms with van der Waals surface area (Å²) in [6, 6.07) is 0. The third-order valence-electron chi connectivity index (χ3n) is 2.10. The second-order valence-corrected chi connectivity index (χ2v) is 7.73. The molecule has 0 amide bonds. The summed E-state index contributed by atoms with van der Waals surface area (Å²) in [5.41, 5.74) is -2.12. The zero-order valence-corrected chi connectivity index (χ0v) is 10.5. The molecule has 102 valence electrons. The molecule has 8 nitrogen and oxygen atoms in total. The number of carbonyl (C=O) groups excluding carboxylic acids is 1. The van der Waals surface area contributed by atoms with Crippen LogP contribution in [0, 0.1) is 0 Å². The average Bonchev–Trinajstić information content (AvgIpc) is 2.10. The second kappa shape index (κ2) is 4.85. The Kier molecular flexibility index (Phi) is 4.81. The van der Waals surface area contributed by atoms with Crippen LogP contribution in [-0.4, -0.2) is 41.7 Å². The van der Waals surface area contributed by atoms with E-state index >= 15 is 0 Å². The predicted molar refractivity (Wildman–Crippen MR) is 53.8 cm³/mol. The Hall–Kier alpha value is -0.140. The van der Waals surface area contributed by atoms with Crippen LogP contribution in [-0.2, 0) is 13.9 Å². The molecule has 0 aliphatic carbocycles. The number of alkyl halides is 1. The van der Waals surface area contributed by atoms with Crippen molar-refractivity contribution in [1.29, 1.82) is 0 Å². The van der Waals surface area contributed by atoms with Gasteiger partial charge in [-0.25, -0.2) is 4.39 Å². The van der Waals surface area contributed by atoms with Crippen molar-refractivity contribution in [3.63, 3.8) is 0 Å². The van der Waals surface area contributed by atoms with Crippen LogP contribution >= 0.6 is 15.2 Å². The number of carbonyl (C=O) groups is 1. The lowest BCUT2D eigenvalue weighted by atomic mass is 10.0. The van der Waals surface area contributed by atoms with E-state index < -0.39 is 38.8 Å². The Morgan fingerprint density at radius 3 is 1.71 bits per heavy atom. The normalized spacial score (nSPS) is 17.6. The summed E-state index contributed by atoms with van der Waals surface area (Å²) in [7, 11) is -11.5. The first-order valence-corrected chi connectivity index (χ1v) is 7.48.